The Hall–Kier alpha value is -0.120. The number of rotatable bonds is 4. The zero-order valence-corrected chi connectivity index (χ0v) is 12.8. The van der Waals surface area contributed by atoms with Gasteiger partial charge in [0, 0.05) is 38.3 Å². The quantitative estimate of drug-likeness (QED) is 0.836. The molecule has 1 saturated heterocycles. The zero-order valence-electron chi connectivity index (χ0n) is 12.8. The summed E-state index contributed by atoms with van der Waals surface area (Å²) in [5, 5.41) is 3.89. The molecule has 110 valence electrons. The van der Waals surface area contributed by atoms with E-state index in [4.69, 9.17) is 0 Å². The average Bonchev–Trinajstić information content (AvgIpc) is 3.25. The molecule has 0 aromatic rings. The Morgan fingerprint density at radius 3 is 2.63 bits per heavy atom. The highest BCUT2D eigenvalue weighted by atomic mass is 15.3. The fourth-order valence-corrected chi connectivity index (χ4v) is 4.03. The molecule has 3 unspecified atom stereocenters. The molecule has 2 saturated carbocycles. The Morgan fingerprint density at radius 1 is 1.00 bits per heavy atom. The smallest absolute Gasteiger partial charge is 0.0345 e. The fourth-order valence-electron chi connectivity index (χ4n) is 4.03. The van der Waals surface area contributed by atoms with E-state index in [0.717, 1.165) is 17.9 Å². The number of nitrogens with zero attached hydrogens (tertiary/aromatic N) is 2. The van der Waals surface area contributed by atoms with E-state index in [1.165, 1.54) is 64.7 Å². The van der Waals surface area contributed by atoms with Crippen LogP contribution in [0.5, 0.6) is 0 Å². The van der Waals surface area contributed by atoms with Gasteiger partial charge in [-0.1, -0.05) is 12.8 Å². The van der Waals surface area contributed by atoms with E-state index in [-0.39, 0.29) is 0 Å². The summed E-state index contributed by atoms with van der Waals surface area (Å²) in [5.41, 5.74) is 0. The molecule has 1 aliphatic heterocycles. The van der Waals surface area contributed by atoms with Crippen LogP contribution in [0.1, 0.15) is 38.5 Å². The molecule has 0 amide bonds. The molecule has 0 bridgehead atoms. The van der Waals surface area contributed by atoms with Crippen LogP contribution in [0.3, 0.4) is 0 Å². The molecule has 3 nitrogen and oxygen atoms in total. The molecular weight excluding hydrogens is 234 g/mol. The van der Waals surface area contributed by atoms with Crippen molar-refractivity contribution < 1.29 is 0 Å². The van der Waals surface area contributed by atoms with E-state index in [0.29, 0.717) is 6.04 Å². The second-order valence-corrected chi connectivity index (χ2v) is 7.27. The Bertz CT molecular complexity index is 290. The van der Waals surface area contributed by atoms with Crippen molar-refractivity contribution in [3.05, 3.63) is 0 Å². The third-order valence-electron chi connectivity index (χ3n) is 5.63. The van der Waals surface area contributed by atoms with Crippen molar-refractivity contribution in [2.24, 2.45) is 11.8 Å². The van der Waals surface area contributed by atoms with E-state index >= 15 is 0 Å². The van der Waals surface area contributed by atoms with Gasteiger partial charge >= 0.3 is 0 Å². The topological polar surface area (TPSA) is 18.5 Å². The van der Waals surface area contributed by atoms with Crippen molar-refractivity contribution in [1.82, 2.24) is 15.1 Å². The molecule has 1 N–H and O–H groups in total. The van der Waals surface area contributed by atoms with Crippen LogP contribution in [0.4, 0.5) is 0 Å². The maximum absolute atomic E-state index is 3.89. The van der Waals surface area contributed by atoms with Crippen molar-refractivity contribution >= 4 is 0 Å². The van der Waals surface area contributed by atoms with Gasteiger partial charge < -0.3 is 10.2 Å². The number of nitrogens with one attached hydrogen (secondary N) is 1. The molecular formula is C16H31N3. The first-order valence-electron chi connectivity index (χ1n) is 8.34. The lowest BCUT2D eigenvalue weighted by molar-refractivity contribution is 0.108. The highest BCUT2D eigenvalue weighted by Gasteiger charge is 2.34. The summed E-state index contributed by atoms with van der Waals surface area (Å²) in [6.07, 6.45) is 8.88. The van der Waals surface area contributed by atoms with Crippen LogP contribution in [-0.2, 0) is 0 Å². The zero-order chi connectivity index (χ0) is 13.2. The standard InChI is InChI=1S/C16H31N3/c1-18-8-9-19(2)16(12-18)11-17-15-5-3-4-14(10-15)13-6-7-13/h13-17H,3-12H2,1-2H3. The van der Waals surface area contributed by atoms with Crippen LogP contribution in [0, 0.1) is 11.8 Å². The van der Waals surface area contributed by atoms with Crippen molar-refractivity contribution in [3.63, 3.8) is 0 Å². The lowest BCUT2D eigenvalue weighted by atomic mass is 9.82. The number of piperazine rings is 1. The van der Waals surface area contributed by atoms with Crippen LogP contribution in [0.15, 0.2) is 0 Å². The third kappa shape index (κ3) is 3.71. The van der Waals surface area contributed by atoms with Crippen LogP contribution >= 0.6 is 0 Å². The van der Waals surface area contributed by atoms with Gasteiger partial charge in [0.05, 0.1) is 0 Å². The second-order valence-electron chi connectivity index (χ2n) is 7.27. The first-order chi connectivity index (χ1) is 9.22. The minimum absolute atomic E-state index is 0.708. The first-order valence-corrected chi connectivity index (χ1v) is 8.34. The maximum atomic E-state index is 3.89. The molecule has 0 aromatic carbocycles. The van der Waals surface area contributed by atoms with Crippen molar-refractivity contribution in [2.45, 2.75) is 50.6 Å². The predicted octanol–water partition coefficient (Wildman–Crippen LogP) is 1.79. The Kier molecular flexibility index (Phi) is 4.45. The molecule has 0 radical (unpaired) electrons. The van der Waals surface area contributed by atoms with E-state index in [1.807, 2.05) is 0 Å². The van der Waals surface area contributed by atoms with Gasteiger partial charge in [-0.25, -0.2) is 0 Å². The van der Waals surface area contributed by atoms with Gasteiger partial charge in [0.1, 0.15) is 0 Å². The second kappa shape index (κ2) is 6.11. The van der Waals surface area contributed by atoms with E-state index < -0.39 is 0 Å². The Labute approximate surface area is 118 Å². The largest absolute Gasteiger partial charge is 0.312 e. The van der Waals surface area contributed by atoms with Crippen LogP contribution < -0.4 is 5.32 Å². The minimum Gasteiger partial charge on any atom is -0.312 e. The SMILES string of the molecule is CN1CCN(C)C(CNC2CCCC(C3CC3)C2)C1. The monoisotopic (exact) mass is 265 g/mol. The van der Waals surface area contributed by atoms with Gasteiger partial charge in [-0.15, -0.1) is 0 Å². The highest BCUT2D eigenvalue weighted by molar-refractivity contribution is 4.89. The molecule has 3 fully saturated rings. The Morgan fingerprint density at radius 2 is 1.84 bits per heavy atom. The summed E-state index contributed by atoms with van der Waals surface area (Å²) in [4.78, 5) is 5.01. The van der Waals surface area contributed by atoms with Gasteiger partial charge in [0.2, 0.25) is 0 Å². The van der Waals surface area contributed by atoms with Crippen LogP contribution in [0.25, 0.3) is 0 Å². The van der Waals surface area contributed by atoms with E-state index in [2.05, 4.69) is 29.2 Å². The minimum atomic E-state index is 0.708. The molecule has 1 heterocycles. The number of hydrogen-bond acceptors (Lipinski definition) is 3. The van der Waals surface area contributed by atoms with Crippen molar-refractivity contribution in [1.29, 1.82) is 0 Å². The molecule has 0 spiro atoms. The summed E-state index contributed by atoms with van der Waals surface area (Å²) in [5.74, 6) is 2.16. The summed E-state index contributed by atoms with van der Waals surface area (Å²) in [7, 11) is 4.54. The summed E-state index contributed by atoms with van der Waals surface area (Å²) >= 11 is 0. The van der Waals surface area contributed by atoms with Gasteiger partial charge in [-0.2, -0.15) is 0 Å². The molecule has 0 aromatic heterocycles. The fraction of sp³-hybridized carbons (Fsp3) is 1.00. The number of hydrogen-bond donors (Lipinski definition) is 1. The van der Waals surface area contributed by atoms with Gasteiger partial charge in [0.15, 0.2) is 0 Å². The van der Waals surface area contributed by atoms with Gasteiger partial charge in [-0.3, -0.25) is 4.90 Å². The van der Waals surface area contributed by atoms with Gasteiger partial charge in [-0.05, 0) is 51.6 Å². The van der Waals surface area contributed by atoms with Crippen LogP contribution in [-0.4, -0.2) is 62.2 Å². The van der Waals surface area contributed by atoms with E-state index in [9.17, 15) is 0 Å². The van der Waals surface area contributed by atoms with E-state index in [1.54, 1.807) is 0 Å². The third-order valence-corrected chi connectivity index (χ3v) is 5.63. The molecule has 3 aliphatic rings. The molecule has 3 heteroatoms. The molecule has 2 aliphatic carbocycles. The predicted molar refractivity (Wildman–Crippen MR) is 80.4 cm³/mol. The van der Waals surface area contributed by atoms with Crippen LogP contribution in [0.2, 0.25) is 0 Å². The number of likely N-dealkylation sites (N-methyl/N-ethyl adjacent to an activating group) is 2. The summed E-state index contributed by atoms with van der Waals surface area (Å²) < 4.78 is 0. The summed E-state index contributed by atoms with van der Waals surface area (Å²) in [6, 6.07) is 1.51. The lowest BCUT2D eigenvalue weighted by Crippen LogP contribution is -2.55. The van der Waals surface area contributed by atoms with Crippen molar-refractivity contribution in [2.75, 3.05) is 40.3 Å². The normalized spacial score (nSPS) is 38.5. The Balaban J connectivity index is 1.43. The molecule has 3 atom stereocenters. The summed E-state index contributed by atoms with van der Waals surface area (Å²) in [6.45, 7) is 4.85. The van der Waals surface area contributed by atoms with Gasteiger partial charge in [0.25, 0.3) is 0 Å². The highest BCUT2D eigenvalue weighted by Crippen LogP contribution is 2.43. The molecule has 19 heavy (non-hydrogen) atoms. The average molecular weight is 265 g/mol. The molecule has 3 rings (SSSR count). The van der Waals surface area contributed by atoms with Crippen molar-refractivity contribution in [3.8, 4) is 0 Å². The maximum Gasteiger partial charge on any atom is 0.0345 e. The lowest BCUT2D eigenvalue weighted by Gasteiger charge is -2.39. The first kappa shape index (κ1) is 13.8.